The number of hydrogen-bond donors (Lipinski definition) is 2. The second-order valence-corrected chi connectivity index (χ2v) is 6.19. The number of guanidine groups is 1. The minimum absolute atomic E-state index is 0. The van der Waals surface area contributed by atoms with Crippen LogP contribution in [-0.4, -0.2) is 50.7 Å². The molecule has 0 saturated carbocycles. The van der Waals surface area contributed by atoms with Crippen LogP contribution in [0, 0.1) is 5.92 Å². The highest BCUT2D eigenvalue weighted by Crippen LogP contribution is 2.20. The number of halogens is 3. The first-order valence-electron chi connectivity index (χ1n) is 8.82. The fraction of sp³-hybridized carbons (Fsp3) is 0.611. The third-order valence-corrected chi connectivity index (χ3v) is 4.47. The number of piperidine rings is 1. The van der Waals surface area contributed by atoms with Gasteiger partial charge in [0, 0.05) is 32.2 Å². The lowest BCUT2D eigenvalue weighted by atomic mass is 9.98. The van der Waals surface area contributed by atoms with Crippen LogP contribution in [0.3, 0.4) is 0 Å². The van der Waals surface area contributed by atoms with Crippen molar-refractivity contribution in [1.82, 2.24) is 15.5 Å². The Bertz CT molecular complexity index is 560. The van der Waals surface area contributed by atoms with Crippen molar-refractivity contribution < 1.29 is 13.5 Å². The SMILES string of the molecule is CCN1CCCC(CNC(=NC)NCc2ccccc2OC(F)F)C1.I. The van der Waals surface area contributed by atoms with Crippen LogP contribution in [0.15, 0.2) is 29.3 Å². The van der Waals surface area contributed by atoms with E-state index >= 15 is 0 Å². The number of aliphatic imine (C=N–C) groups is 1. The largest absolute Gasteiger partial charge is 0.434 e. The Morgan fingerprint density at radius 3 is 2.81 bits per heavy atom. The van der Waals surface area contributed by atoms with Gasteiger partial charge in [-0.2, -0.15) is 8.78 Å². The van der Waals surface area contributed by atoms with Crippen molar-refractivity contribution in [3.8, 4) is 5.75 Å². The summed E-state index contributed by atoms with van der Waals surface area (Å²) in [6, 6.07) is 6.78. The van der Waals surface area contributed by atoms with Crippen LogP contribution in [0.2, 0.25) is 0 Å². The third-order valence-electron chi connectivity index (χ3n) is 4.47. The smallest absolute Gasteiger partial charge is 0.387 e. The molecule has 1 unspecified atom stereocenters. The highest BCUT2D eigenvalue weighted by Gasteiger charge is 2.18. The number of hydrogen-bond acceptors (Lipinski definition) is 3. The van der Waals surface area contributed by atoms with Crippen LogP contribution < -0.4 is 15.4 Å². The minimum atomic E-state index is -2.83. The minimum Gasteiger partial charge on any atom is -0.434 e. The van der Waals surface area contributed by atoms with Crippen LogP contribution >= 0.6 is 24.0 Å². The fourth-order valence-electron chi connectivity index (χ4n) is 3.11. The maximum Gasteiger partial charge on any atom is 0.387 e. The number of ether oxygens (including phenoxy) is 1. The maximum absolute atomic E-state index is 12.5. The molecule has 5 nitrogen and oxygen atoms in total. The van der Waals surface area contributed by atoms with E-state index in [-0.39, 0.29) is 29.7 Å². The van der Waals surface area contributed by atoms with Gasteiger partial charge in [0.25, 0.3) is 0 Å². The van der Waals surface area contributed by atoms with Gasteiger partial charge in [-0.05, 0) is 37.9 Å². The number of para-hydroxylation sites is 1. The predicted octanol–water partition coefficient (Wildman–Crippen LogP) is 3.30. The highest BCUT2D eigenvalue weighted by molar-refractivity contribution is 14.0. The quantitative estimate of drug-likeness (QED) is 0.356. The molecule has 0 aromatic heterocycles. The van der Waals surface area contributed by atoms with Crippen LogP contribution in [0.1, 0.15) is 25.3 Å². The summed E-state index contributed by atoms with van der Waals surface area (Å²) in [7, 11) is 1.70. The third kappa shape index (κ3) is 7.61. The molecule has 1 aliphatic heterocycles. The van der Waals surface area contributed by atoms with Gasteiger partial charge in [-0.25, -0.2) is 0 Å². The van der Waals surface area contributed by atoms with E-state index in [2.05, 4.69) is 32.2 Å². The van der Waals surface area contributed by atoms with Crippen LogP contribution in [0.25, 0.3) is 0 Å². The monoisotopic (exact) mass is 482 g/mol. The Kier molecular flexibility index (Phi) is 10.8. The van der Waals surface area contributed by atoms with Gasteiger partial charge in [0.05, 0.1) is 0 Å². The Hall–Kier alpha value is -1.16. The summed E-state index contributed by atoms with van der Waals surface area (Å²) in [5.41, 5.74) is 0.667. The van der Waals surface area contributed by atoms with Crippen molar-refractivity contribution in [1.29, 1.82) is 0 Å². The van der Waals surface area contributed by atoms with Crippen molar-refractivity contribution in [2.75, 3.05) is 33.2 Å². The molecule has 1 atom stereocenters. The van der Waals surface area contributed by atoms with Crippen molar-refractivity contribution in [3.05, 3.63) is 29.8 Å². The zero-order valence-electron chi connectivity index (χ0n) is 15.4. The van der Waals surface area contributed by atoms with E-state index in [4.69, 9.17) is 0 Å². The number of rotatable bonds is 7. The van der Waals surface area contributed by atoms with Crippen molar-refractivity contribution >= 4 is 29.9 Å². The lowest BCUT2D eigenvalue weighted by molar-refractivity contribution is -0.0504. The van der Waals surface area contributed by atoms with Gasteiger partial charge in [-0.1, -0.05) is 25.1 Å². The number of nitrogens with zero attached hydrogens (tertiary/aromatic N) is 2. The van der Waals surface area contributed by atoms with Crippen molar-refractivity contribution in [2.24, 2.45) is 10.9 Å². The van der Waals surface area contributed by atoms with Crippen molar-refractivity contribution in [2.45, 2.75) is 32.9 Å². The maximum atomic E-state index is 12.5. The number of nitrogens with one attached hydrogen (secondary N) is 2. The van der Waals surface area contributed by atoms with E-state index in [0.717, 1.165) is 19.6 Å². The lowest BCUT2D eigenvalue weighted by Gasteiger charge is -2.32. The molecule has 1 aromatic carbocycles. The van der Waals surface area contributed by atoms with Gasteiger partial charge < -0.3 is 20.3 Å². The second-order valence-electron chi connectivity index (χ2n) is 6.19. The van der Waals surface area contributed by atoms with Crippen molar-refractivity contribution in [3.63, 3.8) is 0 Å². The zero-order valence-corrected chi connectivity index (χ0v) is 17.7. The molecule has 2 N–H and O–H groups in total. The molecule has 2 rings (SSSR count). The van der Waals surface area contributed by atoms with Gasteiger partial charge in [-0.15, -0.1) is 24.0 Å². The van der Waals surface area contributed by atoms with E-state index in [1.165, 1.54) is 19.4 Å². The summed E-state index contributed by atoms with van der Waals surface area (Å²) >= 11 is 0. The number of alkyl halides is 2. The van der Waals surface area contributed by atoms with Crippen LogP contribution in [0.5, 0.6) is 5.75 Å². The molecule has 148 valence electrons. The van der Waals surface area contributed by atoms with E-state index < -0.39 is 6.61 Å². The Labute approximate surface area is 171 Å². The fourth-order valence-corrected chi connectivity index (χ4v) is 3.11. The zero-order chi connectivity index (χ0) is 18.1. The summed E-state index contributed by atoms with van der Waals surface area (Å²) in [6.45, 7) is 3.96. The van der Waals surface area contributed by atoms with E-state index in [1.54, 1.807) is 31.3 Å². The van der Waals surface area contributed by atoms with Gasteiger partial charge >= 0.3 is 6.61 Å². The molecule has 0 bridgehead atoms. The van der Waals surface area contributed by atoms with E-state index in [1.807, 2.05) is 0 Å². The van der Waals surface area contributed by atoms with E-state index in [9.17, 15) is 8.78 Å². The van der Waals surface area contributed by atoms with Gasteiger partial charge in [-0.3, -0.25) is 4.99 Å². The number of benzene rings is 1. The molecule has 8 heteroatoms. The Balaban J connectivity index is 0.00000338. The second kappa shape index (κ2) is 12.3. The average Bonchev–Trinajstić information content (AvgIpc) is 2.62. The molecule has 26 heavy (non-hydrogen) atoms. The van der Waals surface area contributed by atoms with Crippen LogP contribution in [0.4, 0.5) is 8.78 Å². The van der Waals surface area contributed by atoms with Crippen LogP contribution in [-0.2, 0) is 6.54 Å². The molecule has 1 fully saturated rings. The molecule has 1 heterocycles. The van der Waals surface area contributed by atoms with Gasteiger partial charge in [0.15, 0.2) is 5.96 Å². The molecule has 0 spiro atoms. The average molecular weight is 482 g/mol. The normalized spacial score (nSPS) is 18.3. The standard InChI is InChI=1S/C18H28F2N4O.HI/c1-3-24-10-6-7-14(13-24)11-22-18(21-2)23-12-15-8-4-5-9-16(15)25-17(19)20;/h4-5,8-9,14,17H,3,6-7,10-13H2,1-2H3,(H2,21,22,23);1H. The predicted molar refractivity (Wildman–Crippen MR) is 112 cm³/mol. The first-order valence-corrected chi connectivity index (χ1v) is 8.82. The molecular formula is C18H29F2IN4O. The molecule has 1 aromatic rings. The van der Waals surface area contributed by atoms with Gasteiger partial charge in [0.2, 0.25) is 0 Å². The Morgan fingerprint density at radius 1 is 1.35 bits per heavy atom. The van der Waals surface area contributed by atoms with Gasteiger partial charge in [0.1, 0.15) is 5.75 Å². The molecule has 0 amide bonds. The summed E-state index contributed by atoms with van der Waals surface area (Å²) in [5.74, 6) is 1.45. The summed E-state index contributed by atoms with van der Waals surface area (Å²) in [4.78, 5) is 6.67. The molecule has 0 aliphatic carbocycles. The van der Waals surface area contributed by atoms with E-state index in [0.29, 0.717) is 24.0 Å². The molecule has 1 aliphatic rings. The first kappa shape index (κ1) is 22.9. The number of likely N-dealkylation sites (tertiary alicyclic amines) is 1. The molecule has 1 saturated heterocycles. The topological polar surface area (TPSA) is 48.9 Å². The summed E-state index contributed by atoms with van der Waals surface area (Å²) in [6.07, 6.45) is 2.44. The lowest BCUT2D eigenvalue weighted by Crippen LogP contribution is -2.44. The summed E-state index contributed by atoms with van der Waals surface area (Å²) in [5, 5.41) is 6.50. The summed E-state index contributed by atoms with van der Waals surface area (Å²) < 4.78 is 29.5. The first-order chi connectivity index (χ1) is 12.1. The molecule has 0 radical (unpaired) electrons. The molecular weight excluding hydrogens is 453 g/mol. The highest BCUT2D eigenvalue weighted by atomic mass is 127. The Morgan fingerprint density at radius 2 is 2.12 bits per heavy atom.